The topological polar surface area (TPSA) is 16.1 Å². The highest BCUT2D eigenvalue weighted by molar-refractivity contribution is 5.58. The summed E-state index contributed by atoms with van der Waals surface area (Å²) in [6, 6.07) is 6.17. The van der Waals surface area contributed by atoms with E-state index in [1.54, 1.807) is 0 Å². The van der Waals surface area contributed by atoms with Crippen LogP contribution in [0.3, 0.4) is 0 Å². The quantitative estimate of drug-likeness (QED) is 0.751. The van der Waals surface area contributed by atoms with Crippen LogP contribution in [0.2, 0.25) is 0 Å². The number of pyridine rings is 1. The van der Waals surface area contributed by atoms with E-state index >= 15 is 0 Å². The zero-order valence-corrected chi connectivity index (χ0v) is 10.8. The first-order valence-electron chi connectivity index (χ1n) is 6.01. The molecule has 0 aromatic carbocycles. The molecule has 0 atom stereocenters. The lowest BCUT2D eigenvalue weighted by Gasteiger charge is -2.23. The molecule has 1 rings (SSSR count). The monoisotopic (exact) mass is 218 g/mol. The minimum absolute atomic E-state index is 0.462. The Morgan fingerprint density at radius 2 is 1.94 bits per heavy atom. The van der Waals surface area contributed by atoms with Crippen LogP contribution in [0, 0.1) is 0 Å². The van der Waals surface area contributed by atoms with Gasteiger partial charge in [-0.15, -0.1) is 0 Å². The van der Waals surface area contributed by atoms with Gasteiger partial charge in [0.25, 0.3) is 0 Å². The van der Waals surface area contributed by atoms with Crippen LogP contribution in [-0.2, 0) is 0 Å². The van der Waals surface area contributed by atoms with Crippen molar-refractivity contribution in [3.8, 4) is 0 Å². The summed E-state index contributed by atoms with van der Waals surface area (Å²) in [6.07, 6.45) is 0. The highest BCUT2D eigenvalue weighted by Gasteiger charge is 2.08. The predicted octanol–water partition coefficient (Wildman–Crippen LogP) is 3.52. The first kappa shape index (κ1) is 12.8. The van der Waals surface area contributed by atoms with Crippen molar-refractivity contribution in [2.75, 3.05) is 13.1 Å². The molecule has 0 spiro atoms. The summed E-state index contributed by atoms with van der Waals surface area (Å²) in [4.78, 5) is 6.88. The molecule has 2 heteroatoms. The van der Waals surface area contributed by atoms with Gasteiger partial charge < -0.3 is 4.90 Å². The second-order valence-corrected chi connectivity index (χ2v) is 4.22. The van der Waals surface area contributed by atoms with Crippen LogP contribution in [0.15, 0.2) is 24.8 Å². The van der Waals surface area contributed by atoms with E-state index in [4.69, 9.17) is 0 Å². The van der Waals surface area contributed by atoms with E-state index in [1.165, 1.54) is 0 Å². The van der Waals surface area contributed by atoms with Crippen LogP contribution >= 0.6 is 0 Å². The van der Waals surface area contributed by atoms with Gasteiger partial charge in [0.2, 0.25) is 0 Å². The Labute approximate surface area is 99.0 Å². The summed E-state index contributed by atoms with van der Waals surface area (Å²) in [5.74, 6) is 0.462. The first-order chi connectivity index (χ1) is 7.60. The molecular weight excluding hydrogens is 196 g/mol. The van der Waals surface area contributed by atoms with E-state index in [0.29, 0.717) is 5.92 Å². The van der Waals surface area contributed by atoms with E-state index in [2.05, 4.69) is 56.3 Å². The number of nitrogens with zero attached hydrogens (tertiary/aromatic N) is 2. The molecule has 88 valence electrons. The molecule has 0 unspecified atom stereocenters. The molecule has 0 saturated carbocycles. The molecule has 1 aromatic rings. The third-order valence-electron chi connectivity index (χ3n) is 2.80. The van der Waals surface area contributed by atoms with Crippen LogP contribution in [0.1, 0.15) is 45.0 Å². The van der Waals surface area contributed by atoms with E-state index in [9.17, 15) is 0 Å². The lowest BCUT2D eigenvalue weighted by atomic mass is 10.1. The molecule has 0 bridgehead atoms. The fraction of sp³-hybridized carbons (Fsp3) is 0.500. The van der Waals surface area contributed by atoms with Gasteiger partial charge in [0, 0.05) is 18.8 Å². The summed E-state index contributed by atoms with van der Waals surface area (Å²) in [6.45, 7) is 14.7. The van der Waals surface area contributed by atoms with Crippen molar-refractivity contribution in [2.45, 2.75) is 33.6 Å². The smallest absolute Gasteiger partial charge is 0.0860 e. The molecule has 0 amide bonds. The minimum Gasteiger partial charge on any atom is -0.371 e. The third-order valence-corrected chi connectivity index (χ3v) is 2.80. The van der Waals surface area contributed by atoms with E-state index in [0.717, 1.165) is 30.2 Å². The van der Waals surface area contributed by atoms with Gasteiger partial charge in [0.05, 0.1) is 11.4 Å². The molecule has 2 nitrogen and oxygen atoms in total. The molecule has 0 N–H and O–H groups in total. The maximum Gasteiger partial charge on any atom is 0.0860 e. The molecule has 0 aliphatic rings. The zero-order chi connectivity index (χ0) is 12.1. The highest BCUT2D eigenvalue weighted by Crippen LogP contribution is 2.18. The Bertz CT molecular complexity index is 352. The van der Waals surface area contributed by atoms with Gasteiger partial charge in [-0.1, -0.05) is 26.5 Å². The Hall–Kier alpha value is -1.31. The average Bonchev–Trinajstić information content (AvgIpc) is 2.30. The third kappa shape index (κ3) is 2.84. The normalized spacial score (nSPS) is 10.6. The lowest BCUT2D eigenvalue weighted by molar-refractivity contribution is 0.441. The maximum atomic E-state index is 4.65. The van der Waals surface area contributed by atoms with Crippen LogP contribution in [-0.4, -0.2) is 23.0 Å². The van der Waals surface area contributed by atoms with Crippen molar-refractivity contribution in [1.29, 1.82) is 0 Å². The standard InChI is InChI=1S/C14H22N2/c1-6-16(7-2)12(5)14-10-8-9-13(15-14)11(3)4/h8-11H,5-7H2,1-4H3. The zero-order valence-electron chi connectivity index (χ0n) is 10.8. The molecule has 0 radical (unpaired) electrons. The lowest BCUT2D eigenvalue weighted by Crippen LogP contribution is -2.21. The molecule has 0 fully saturated rings. The molecule has 0 aliphatic heterocycles. The fourth-order valence-electron chi connectivity index (χ4n) is 1.70. The van der Waals surface area contributed by atoms with Gasteiger partial charge >= 0.3 is 0 Å². The molecule has 0 aliphatic carbocycles. The van der Waals surface area contributed by atoms with Gasteiger partial charge in [0.1, 0.15) is 0 Å². The Balaban J connectivity index is 2.95. The Morgan fingerprint density at radius 3 is 2.44 bits per heavy atom. The highest BCUT2D eigenvalue weighted by atomic mass is 15.1. The van der Waals surface area contributed by atoms with Crippen molar-refractivity contribution >= 4 is 5.70 Å². The Kier molecular flexibility index (Phi) is 4.53. The number of rotatable bonds is 5. The van der Waals surface area contributed by atoms with Crippen molar-refractivity contribution in [3.63, 3.8) is 0 Å². The maximum absolute atomic E-state index is 4.65. The van der Waals surface area contributed by atoms with E-state index in [-0.39, 0.29) is 0 Å². The van der Waals surface area contributed by atoms with Crippen LogP contribution in [0.25, 0.3) is 5.70 Å². The molecule has 1 aromatic heterocycles. The minimum atomic E-state index is 0.462. The van der Waals surface area contributed by atoms with E-state index < -0.39 is 0 Å². The van der Waals surface area contributed by atoms with Crippen LogP contribution in [0.4, 0.5) is 0 Å². The summed E-state index contributed by atoms with van der Waals surface area (Å²) in [5.41, 5.74) is 3.15. The van der Waals surface area contributed by atoms with Crippen LogP contribution in [0.5, 0.6) is 0 Å². The molecule has 0 saturated heterocycles. The van der Waals surface area contributed by atoms with Crippen LogP contribution < -0.4 is 0 Å². The van der Waals surface area contributed by atoms with E-state index in [1.807, 2.05) is 6.07 Å². The summed E-state index contributed by atoms with van der Waals surface area (Å²) in [7, 11) is 0. The molecule has 1 heterocycles. The van der Waals surface area contributed by atoms with Crippen molar-refractivity contribution < 1.29 is 0 Å². The van der Waals surface area contributed by atoms with Crippen molar-refractivity contribution in [3.05, 3.63) is 36.2 Å². The number of aromatic nitrogens is 1. The number of hydrogen-bond acceptors (Lipinski definition) is 2. The van der Waals surface area contributed by atoms with Gasteiger partial charge in [-0.2, -0.15) is 0 Å². The molecular formula is C14H22N2. The van der Waals surface area contributed by atoms with Gasteiger partial charge in [-0.3, -0.25) is 4.98 Å². The second kappa shape index (κ2) is 5.69. The number of hydrogen-bond donors (Lipinski definition) is 0. The largest absolute Gasteiger partial charge is 0.371 e. The first-order valence-corrected chi connectivity index (χ1v) is 6.01. The van der Waals surface area contributed by atoms with Crippen molar-refractivity contribution in [1.82, 2.24) is 9.88 Å². The van der Waals surface area contributed by atoms with Gasteiger partial charge in [-0.05, 0) is 31.9 Å². The molecule has 16 heavy (non-hydrogen) atoms. The van der Waals surface area contributed by atoms with Crippen molar-refractivity contribution in [2.24, 2.45) is 0 Å². The van der Waals surface area contributed by atoms with Gasteiger partial charge in [-0.25, -0.2) is 0 Å². The summed E-state index contributed by atoms with van der Waals surface area (Å²) in [5, 5.41) is 0. The fourth-order valence-corrected chi connectivity index (χ4v) is 1.70. The summed E-state index contributed by atoms with van der Waals surface area (Å²) < 4.78 is 0. The summed E-state index contributed by atoms with van der Waals surface area (Å²) >= 11 is 0. The van der Waals surface area contributed by atoms with Gasteiger partial charge in [0.15, 0.2) is 0 Å². The Morgan fingerprint density at radius 1 is 1.31 bits per heavy atom. The predicted molar refractivity (Wildman–Crippen MR) is 70.3 cm³/mol. The average molecular weight is 218 g/mol. The SMILES string of the molecule is C=C(c1cccc(C(C)C)n1)N(CC)CC. The second-order valence-electron chi connectivity index (χ2n) is 4.22.